The third-order valence-electron chi connectivity index (χ3n) is 6.57. The topological polar surface area (TPSA) is 103 Å². The highest BCUT2D eigenvalue weighted by molar-refractivity contribution is 9.10. The Bertz CT molecular complexity index is 1970. The number of rotatable bonds is 10. The van der Waals surface area contributed by atoms with Gasteiger partial charge in [0.25, 0.3) is 11.1 Å². The standard InChI is InChI=1S/C34H23BrFN5O3S/c35-25-13-6-22(7-14-25)8-19-30(42)23-11-17-27(18-12-23)37-31(43)21-45-34-39-38-33(44-34)29-20-41(28-4-2-1-3-5-28)40-32(29)24-9-15-26(36)16-10-24/h1-20H,21H2,(H,37,43)/b19-8+. The molecule has 0 saturated carbocycles. The van der Waals surface area contributed by atoms with Crippen LogP contribution in [0.1, 0.15) is 15.9 Å². The Labute approximate surface area is 270 Å². The first-order valence-electron chi connectivity index (χ1n) is 13.7. The van der Waals surface area contributed by atoms with Gasteiger partial charge in [-0.2, -0.15) is 5.10 Å². The summed E-state index contributed by atoms with van der Waals surface area (Å²) in [5.74, 6) is -0.541. The Morgan fingerprint density at radius 2 is 1.64 bits per heavy atom. The third-order valence-corrected chi connectivity index (χ3v) is 7.91. The summed E-state index contributed by atoms with van der Waals surface area (Å²) in [6.45, 7) is 0. The van der Waals surface area contributed by atoms with Crippen molar-refractivity contribution in [2.24, 2.45) is 0 Å². The molecule has 45 heavy (non-hydrogen) atoms. The number of para-hydroxylation sites is 1. The Balaban J connectivity index is 1.09. The fraction of sp³-hybridized carbons (Fsp3) is 0.0294. The molecule has 4 aromatic carbocycles. The first-order valence-corrected chi connectivity index (χ1v) is 15.4. The molecule has 0 unspecified atom stereocenters. The molecule has 1 amide bonds. The van der Waals surface area contributed by atoms with E-state index >= 15 is 0 Å². The van der Waals surface area contributed by atoms with Crippen LogP contribution in [0.2, 0.25) is 0 Å². The molecule has 222 valence electrons. The molecule has 0 spiro atoms. The summed E-state index contributed by atoms with van der Waals surface area (Å²) in [5, 5.41) is 16.0. The number of hydrogen-bond donors (Lipinski definition) is 1. The average Bonchev–Trinajstić information content (AvgIpc) is 3.72. The summed E-state index contributed by atoms with van der Waals surface area (Å²) in [4.78, 5) is 25.2. The molecule has 2 heterocycles. The number of amides is 1. The van der Waals surface area contributed by atoms with Gasteiger partial charge in [-0.15, -0.1) is 10.2 Å². The second-order valence-corrected chi connectivity index (χ2v) is 11.6. The van der Waals surface area contributed by atoms with Crippen molar-refractivity contribution in [2.45, 2.75) is 5.22 Å². The van der Waals surface area contributed by atoms with Crippen molar-refractivity contribution in [3.05, 3.63) is 137 Å². The summed E-state index contributed by atoms with van der Waals surface area (Å²) < 4.78 is 22.2. The van der Waals surface area contributed by atoms with Gasteiger partial charge in [0.1, 0.15) is 11.5 Å². The molecule has 0 aliphatic heterocycles. The van der Waals surface area contributed by atoms with Crippen molar-refractivity contribution in [2.75, 3.05) is 11.1 Å². The maximum atomic E-state index is 13.6. The van der Waals surface area contributed by atoms with E-state index in [2.05, 4.69) is 31.4 Å². The van der Waals surface area contributed by atoms with Crippen LogP contribution in [0.5, 0.6) is 0 Å². The molecule has 8 nitrogen and oxygen atoms in total. The number of allylic oxidation sites excluding steroid dienone is 1. The highest BCUT2D eigenvalue weighted by Crippen LogP contribution is 2.33. The lowest BCUT2D eigenvalue weighted by molar-refractivity contribution is -0.113. The highest BCUT2D eigenvalue weighted by atomic mass is 79.9. The van der Waals surface area contributed by atoms with Crippen molar-refractivity contribution in [1.82, 2.24) is 20.0 Å². The van der Waals surface area contributed by atoms with E-state index in [1.807, 2.05) is 54.6 Å². The van der Waals surface area contributed by atoms with Gasteiger partial charge in [-0.1, -0.05) is 64.1 Å². The fourth-order valence-corrected chi connectivity index (χ4v) is 5.15. The summed E-state index contributed by atoms with van der Waals surface area (Å²) in [5.41, 5.74) is 4.59. The zero-order valence-corrected chi connectivity index (χ0v) is 25.8. The van der Waals surface area contributed by atoms with E-state index in [1.54, 1.807) is 53.4 Å². The molecule has 0 aliphatic rings. The van der Waals surface area contributed by atoms with Gasteiger partial charge in [0, 0.05) is 27.5 Å². The third kappa shape index (κ3) is 7.51. The number of aromatic nitrogens is 4. The highest BCUT2D eigenvalue weighted by Gasteiger charge is 2.20. The van der Waals surface area contributed by atoms with Gasteiger partial charge < -0.3 is 9.73 Å². The molecular formula is C34H23BrFN5O3S. The van der Waals surface area contributed by atoms with E-state index in [-0.39, 0.29) is 34.4 Å². The largest absolute Gasteiger partial charge is 0.411 e. The predicted octanol–water partition coefficient (Wildman–Crippen LogP) is 8.12. The van der Waals surface area contributed by atoms with Gasteiger partial charge in [-0.05, 0) is 84.4 Å². The number of benzene rings is 4. The lowest BCUT2D eigenvalue weighted by Gasteiger charge is -2.05. The minimum absolute atomic E-state index is 0.0202. The Morgan fingerprint density at radius 1 is 0.911 bits per heavy atom. The normalized spacial score (nSPS) is 11.2. The fourth-order valence-electron chi connectivity index (χ4n) is 4.33. The van der Waals surface area contributed by atoms with Crippen LogP contribution in [-0.2, 0) is 4.79 Å². The summed E-state index contributed by atoms with van der Waals surface area (Å²) in [7, 11) is 0. The van der Waals surface area contributed by atoms with E-state index < -0.39 is 0 Å². The average molecular weight is 681 g/mol. The zero-order valence-electron chi connectivity index (χ0n) is 23.4. The molecule has 0 aliphatic carbocycles. The van der Waals surface area contributed by atoms with Crippen LogP contribution in [-0.4, -0.2) is 37.4 Å². The number of nitrogens with one attached hydrogen (secondary N) is 1. The molecule has 1 N–H and O–H groups in total. The predicted molar refractivity (Wildman–Crippen MR) is 176 cm³/mol. The van der Waals surface area contributed by atoms with E-state index in [4.69, 9.17) is 9.52 Å². The quantitative estimate of drug-likeness (QED) is 0.0886. The number of hydrogen-bond acceptors (Lipinski definition) is 7. The number of ketones is 1. The maximum absolute atomic E-state index is 13.6. The number of nitrogens with zero attached hydrogens (tertiary/aromatic N) is 4. The Hall–Kier alpha value is -5.13. The molecule has 0 radical (unpaired) electrons. The SMILES string of the molecule is O=C(CSc1nnc(-c2cn(-c3ccccc3)nc2-c2ccc(F)cc2)o1)Nc1ccc(C(=O)/C=C/c2ccc(Br)cc2)cc1. The molecular weight excluding hydrogens is 657 g/mol. The maximum Gasteiger partial charge on any atom is 0.277 e. The van der Waals surface area contributed by atoms with Crippen molar-refractivity contribution >= 4 is 51.1 Å². The van der Waals surface area contributed by atoms with Gasteiger partial charge in [-0.3, -0.25) is 9.59 Å². The number of carbonyl (C=O) groups is 2. The van der Waals surface area contributed by atoms with Crippen molar-refractivity contribution in [3.8, 4) is 28.4 Å². The van der Waals surface area contributed by atoms with Gasteiger partial charge in [-0.25, -0.2) is 9.07 Å². The van der Waals surface area contributed by atoms with Gasteiger partial charge in [0.05, 0.1) is 17.0 Å². The monoisotopic (exact) mass is 679 g/mol. The molecule has 0 saturated heterocycles. The number of anilines is 1. The van der Waals surface area contributed by atoms with Gasteiger partial charge in [0.2, 0.25) is 5.91 Å². The summed E-state index contributed by atoms with van der Waals surface area (Å²) >= 11 is 4.48. The van der Waals surface area contributed by atoms with Crippen molar-refractivity contribution in [3.63, 3.8) is 0 Å². The van der Waals surface area contributed by atoms with Crippen LogP contribution < -0.4 is 5.32 Å². The Morgan fingerprint density at radius 3 is 2.38 bits per heavy atom. The number of halogens is 2. The first-order chi connectivity index (χ1) is 21.9. The summed E-state index contributed by atoms with van der Waals surface area (Å²) in [6.07, 6.45) is 5.04. The molecule has 6 rings (SSSR count). The molecule has 2 aromatic heterocycles. The molecule has 0 fully saturated rings. The molecule has 0 bridgehead atoms. The van der Waals surface area contributed by atoms with E-state index in [1.165, 1.54) is 18.2 Å². The van der Waals surface area contributed by atoms with E-state index in [9.17, 15) is 14.0 Å². The smallest absolute Gasteiger partial charge is 0.277 e. The van der Waals surface area contributed by atoms with Crippen LogP contribution in [0.25, 0.3) is 34.5 Å². The van der Waals surface area contributed by atoms with Gasteiger partial charge >= 0.3 is 0 Å². The number of carbonyl (C=O) groups excluding carboxylic acids is 2. The first kappa shape index (κ1) is 29.9. The van der Waals surface area contributed by atoms with Crippen LogP contribution >= 0.6 is 27.7 Å². The lowest BCUT2D eigenvalue weighted by atomic mass is 10.1. The minimum atomic E-state index is -0.355. The van der Waals surface area contributed by atoms with Gasteiger partial charge in [0.15, 0.2) is 5.78 Å². The summed E-state index contributed by atoms with van der Waals surface area (Å²) in [6, 6.07) is 29.8. The van der Waals surface area contributed by atoms with Crippen molar-refractivity contribution in [1.29, 1.82) is 0 Å². The van der Waals surface area contributed by atoms with Crippen LogP contribution in [0.4, 0.5) is 10.1 Å². The minimum Gasteiger partial charge on any atom is -0.411 e. The lowest BCUT2D eigenvalue weighted by Crippen LogP contribution is -2.14. The molecule has 0 atom stereocenters. The molecule has 6 aromatic rings. The Kier molecular flexibility index (Phi) is 9.09. The zero-order chi connectivity index (χ0) is 31.2. The second-order valence-electron chi connectivity index (χ2n) is 9.71. The van der Waals surface area contributed by atoms with Crippen LogP contribution in [0, 0.1) is 5.82 Å². The van der Waals surface area contributed by atoms with E-state index in [0.29, 0.717) is 28.1 Å². The van der Waals surface area contributed by atoms with Crippen LogP contribution in [0.15, 0.2) is 130 Å². The van der Waals surface area contributed by atoms with Crippen LogP contribution in [0.3, 0.4) is 0 Å². The van der Waals surface area contributed by atoms with Crippen molar-refractivity contribution < 1.29 is 18.4 Å². The molecule has 11 heteroatoms. The number of thioether (sulfide) groups is 1. The van der Waals surface area contributed by atoms with E-state index in [0.717, 1.165) is 27.5 Å². The second kappa shape index (κ2) is 13.7.